The SMILES string of the molecule is CCC(C)(O)CNC(=O)C1(N)CCOCC1. The fraction of sp³-hybridized carbons (Fsp3) is 0.909. The van der Waals surface area contributed by atoms with E-state index in [0.29, 0.717) is 32.5 Å². The Hall–Kier alpha value is -0.650. The lowest BCUT2D eigenvalue weighted by atomic mass is 9.90. The molecular weight excluding hydrogens is 208 g/mol. The number of nitrogens with two attached hydrogens (primary N) is 1. The van der Waals surface area contributed by atoms with Crippen molar-refractivity contribution < 1.29 is 14.6 Å². The Morgan fingerprint density at radius 1 is 1.56 bits per heavy atom. The monoisotopic (exact) mass is 230 g/mol. The predicted molar refractivity (Wildman–Crippen MR) is 60.9 cm³/mol. The number of hydrogen-bond donors (Lipinski definition) is 3. The maximum Gasteiger partial charge on any atom is 0.240 e. The van der Waals surface area contributed by atoms with Crippen molar-refractivity contribution in [1.82, 2.24) is 5.32 Å². The quantitative estimate of drug-likeness (QED) is 0.623. The van der Waals surface area contributed by atoms with Crippen LogP contribution in [0.2, 0.25) is 0 Å². The van der Waals surface area contributed by atoms with Crippen LogP contribution in [0.4, 0.5) is 0 Å². The normalized spacial score (nSPS) is 23.5. The van der Waals surface area contributed by atoms with Crippen molar-refractivity contribution in [3.05, 3.63) is 0 Å². The first kappa shape index (κ1) is 13.4. The number of amides is 1. The Morgan fingerprint density at radius 2 is 2.12 bits per heavy atom. The minimum Gasteiger partial charge on any atom is -0.388 e. The van der Waals surface area contributed by atoms with Gasteiger partial charge in [-0.15, -0.1) is 0 Å². The van der Waals surface area contributed by atoms with E-state index in [-0.39, 0.29) is 12.5 Å². The Morgan fingerprint density at radius 3 is 2.62 bits per heavy atom. The summed E-state index contributed by atoms with van der Waals surface area (Å²) in [6, 6.07) is 0. The molecule has 5 nitrogen and oxygen atoms in total. The third-order valence-corrected chi connectivity index (χ3v) is 3.23. The Labute approximate surface area is 96.3 Å². The van der Waals surface area contributed by atoms with Crippen LogP contribution in [0.25, 0.3) is 0 Å². The Balaban J connectivity index is 2.45. The molecule has 1 fully saturated rings. The third kappa shape index (κ3) is 3.43. The molecule has 4 N–H and O–H groups in total. The van der Waals surface area contributed by atoms with Crippen LogP contribution in [0.3, 0.4) is 0 Å². The van der Waals surface area contributed by atoms with Crippen molar-refractivity contribution >= 4 is 5.91 Å². The average Bonchev–Trinajstić information content (AvgIpc) is 2.27. The summed E-state index contributed by atoms with van der Waals surface area (Å²) in [5.41, 5.74) is 4.30. The molecule has 5 heteroatoms. The molecule has 0 radical (unpaired) electrons. The number of rotatable bonds is 4. The van der Waals surface area contributed by atoms with Crippen molar-refractivity contribution in [3.8, 4) is 0 Å². The van der Waals surface area contributed by atoms with Crippen LogP contribution < -0.4 is 11.1 Å². The van der Waals surface area contributed by atoms with E-state index in [4.69, 9.17) is 10.5 Å². The summed E-state index contributed by atoms with van der Waals surface area (Å²) in [7, 11) is 0. The first-order valence-corrected chi connectivity index (χ1v) is 5.77. The van der Waals surface area contributed by atoms with Gasteiger partial charge in [-0.1, -0.05) is 6.92 Å². The lowest BCUT2D eigenvalue weighted by Crippen LogP contribution is -2.58. The molecule has 0 aromatic rings. The minimum absolute atomic E-state index is 0.190. The second-order valence-electron chi connectivity index (χ2n) is 4.80. The average molecular weight is 230 g/mol. The molecule has 1 atom stereocenters. The van der Waals surface area contributed by atoms with Crippen molar-refractivity contribution in [2.24, 2.45) is 5.73 Å². The summed E-state index contributed by atoms with van der Waals surface area (Å²) in [6.45, 7) is 4.85. The topological polar surface area (TPSA) is 84.6 Å². The summed E-state index contributed by atoms with van der Waals surface area (Å²) in [5, 5.41) is 12.5. The number of ether oxygens (including phenoxy) is 1. The van der Waals surface area contributed by atoms with E-state index < -0.39 is 11.1 Å². The first-order valence-electron chi connectivity index (χ1n) is 5.77. The molecule has 1 unspecified atom stereocenters. The molecule has 1 aliphatic rings. The minimum atomic E-state index is -0.864. The van der Waals surface area contributed by atoms with Gasteiger partial charge in [0, 0.05) is 19.8 Å². The summed E-state index contributed by atoms with van der Waals surface area (Å²) >= 11 is 0. The molecule has 16 heavy (non-hydrogen) atoms. The highest BCUT2D eigenvalue weighted by atomic mass is 16.5. The molecule has 94 valence electrons. The molecule has 1 amide bonds. The van der Waals surface area contributed by atoms with Crippen LogP contribution >= 0.6 is 0 Å². The summed E-state index contributed by atoms with van der Waals surface area (Å²) in [6.07, 6.45) is 1.66. The maximum absolute atomic E-state index is 11.9. The van der Waals surface area contributed by atoms with Crippen LogP contribution in [0.15, 0.2) is 0 Å². The van der Waals surface area contributed by atoms with E-state index >= 15 is 0 Å². The lowest BCUT2D eigenvalue weighted by molar-refractivity contribution is -0.130. The second-order valence-corrected chi connectivity index (χ2v) is 4.80. The van der Waals surface area contributed by atoms with E-state index in [0.717, 1.165) is 0 Å². The van der Waals surface area contributed by atoms with Crippen LogP contribution in [0.1, 0.15) is 33.1 Å². The van der Waals surface area contributed by atoms with Gasteiger partial charge in [-0.25, -0.2) is 0 Å². The standard InChI is InChI=1S/C11H22N2O3/c1-3-10(2,15)8-13-9(14)11(12)4-6-16-7-5-11/h15H,3-8,12H2,1-2H3,(H,13,14). The van der Waals surface area contributed by atoms with Gasteiger partial charge in [-0.3, -0.25) is 4.79 Å². The summed E-state index contributed by atoms with van der Waals surface area (Å²) in [5.74, 6) is -0.190. The number of nitrogens with one attached hydrogen (secondary N) is 1. The molecule has 1 rings (SSSR count). The molecule has 0 bridgehead atoms. The molecule has 0 aromatic heterocycles. The highest BCUT2D eigenvalue weighted by molar-refractivity contribution is 5.86. The van der Waals surface area contributed by atoms with Gasteiger partial charge in [-0.05, 0) is 26.2 Å². The van der Waals surface area contributed by atoms with Crippen molar-refractivity contribution in [3.63, 3.8) is 0 Å². The molecule has 0 aromatic carbocycles. The second kappa shape index (κ2) is 5.12. The van der Waals surface area contributed by atoms with Gasteiger partial charge >= 0.3 is 0 Å². The maximum atomic E-state index is 11.9. The predicted octanol–water partition coefficient (Wildman–Crippen LogP) is -0.228. The number of carbonyl (C=O) groups is 1. The first-order chi connectivity index (χ1) is 7.40. The van der Waals surface area contributed by atoms with Crippen molar-refractivity contribution in [2.45, 2.75) is 44.2 Å². The molecule has 0 spiro atoms. The van der Waals surface area contributed by atoms with Gasteiger partial charge in [0.15, 0.2) is 0 Å². The molecule has 1 saturated heterocycles. The van der Waals surface area contributed by atoms with Crippen LogP contribution in [0.5, 0.6) is 0 Å². The van der Waals surface area contributed by atoms with Gasteiger partial charge in [0.1, 0.15) is 0 Å². The third-order valence-electron chi connectivity index (χ3n) is 3.23. The number of hydrogen-bond acceptors (Lipinski definition) is 4. The largest absolute Gasteiger partial charge is 0.388 e. The number of aliphatic hydroxyl groups is 1. The van der Waals surface area contributed by atoms with Gasteiger partial charge < -0.3 is 20.9 Å². The fourth-order valence-corrected chi connectivity index (χ4v) is 1.53. The van der Waals surface area contributed by atoms with Gasteiger partial charge in [-0.2, -0.15) is 0 Å². The molecule has 0 saturated carbocycles. The van der Waals surface area contributed by atoms with E-state index in [2.05, 4.69) is 5.32 Å². The molecule has 1 heterocycles. The highest BCUT2D eigenvalue weighted by Crippen LogP contribution is 2.18. The van der Waals surface area contributed by atoms with Crippen LogP contribution in [0, 0.1) is 0 Å². The van der Waals surface area contributed by atoms with Crippen molar-refractivity contribution in [1.29, 1.82) is 0 Å². The van der Waals surface area contributed by atoms with Gasteiger partial charge in [0.25, 0.3) is 0 Å². The molecule has 0 aliphatic carbocycles. The van der Waals surface area contributed by atoms with Gasteiger partial charge in [0.2, 0.25) is 5.91 Å². The zero-order chi connectivity index (χ0) is 12.2. The van der Waals surface area contributed by atoms with E-state index in [1.807, 2.05) is 6.92 Å². The zero-order valence-corrected chi connectivity index (χ0v) is 10.1. The lowest BCUT2D eigenvalue weighted by Gasteiger charge is -2.33. The van der Waals surface area contributed by atoms with E-state index in [1.165, 1.54) is 0 Å². The Bertz CT molecular complexity index is 248. The zero-order valence-electron chi connectivity index (χ0n) is 10.1. The summed E-state index contributed by atoms with van der Waals surface area (Å²) < 4.78 is 5.17. The fourth-order valence-electron chi connectivity index (χ4n) is 1.53. The molecule has 1 aliphatic heterocycles. The number of carbonyl (C=O) groups excluding carboxylic acids is 1. The van der Waals surface area contributed by atoms with Gasteiger partial charge in [0.05, 0.1) is 11.1 Å². The van der Waals surface area contributed by atoms with E-state index in [9.17, 15) is 9.90 Å². The van der Waals surface area contributed by atoms with Crippen LogP contribution in [-0.4, -0.2) is 41.9 Å². The van der Waals surface area contributed by atoms with Crippen LogP contribution in [-0.2, 0) is 9.53 Å². The highest BCUT2D eigenvalue weighted by Gasteiger charge is 2.36. The smallest absolute Gasteiger partial charge is 0.240 e. The summed E-state index contributed by atoms with van der Waals surface area (Å²) in [4.78, 5) is 11.9. The Kier molecular flexibility index (Phi) is 4.29. The van der Waals surface area contributed by atoms with E-state index in [1.54, 1.807) is 6.92 Å². The van der Waals surface area contributed by atoms with Crippen molar-refractivity contribution in [2.75, 3.05) is 19.8 Å². The molecular formula is C11H22N2O3.